The third-order valence-corrected chi connectivity index (χ3v) is 3.03. The summed E-state index contributed by atoms with van der Waals surface area (Å²) in [6, 6.07) is 8.90. The van der Waals surface area contributed by atoms with E-state index < -0.39 is 36.7 Å². The highest BCUT2D eigenvalue weighted by Gasteiger charge is 2.48. The Hall–Kier alpha value is -1.54. The van der Waals surface area contributed by atoms with Crippen LogP contribution in [0.3, 0.4) is 0 Å². The summed E-state index contributed by atoms with van der Waals surface area (Å²) in [6.07, 6.45) is -9.00. The molecule has 1 heterocycles. The molecule has 0 saturated carbocycles. The van der Waals surface area contributed by atoms with Crippen LogP contribution in [-0.2, 0) is 20.9 Å². The highest BCUT2D eigenvalue weighted by Crippen LogP contribution is 2.25. The van der Waals surface area contributed by atoms with Crippen LogP contribution in [0.1, 0.15) is 5.56 Å². The molecule has 5 atom stereocenters. The Kier molecular flexibility index (Phi) is 4.66. The largest absolute Gasteiger partial charge is 0.479 e. The molecule has 110 valence electrons. The maximum Gasteiger partial charge on any atom is 0.336 e. The molecular formula is C13H15FO6. The van der Waals surface area contributed by atoms with E-state index in [1.54, 1.807) is 24.3 Å². The maximum atomic E-state index is 13.5. The molecule has 0 aromatic heterocycles. The lowest BCUT2D eigenvalue weighted by Gasteiger charge is -2.37. The summed E-state index contributed by atoms with van der Waals surface area (Å²) in [5, 5.41) is 27.9. The Labute approximate surface area is 114 Å². The number of carboxylic acid groups (broad SMARTS) is 1. The lowest BCUT2D eigenvalue weighted by atomic mass is 10.0. The van der Waals surface area contributed by atoms with Crippen LogP contribution in [0.2, 0.25) is 0 Å². The predicted molar refractivity (Wildman–Crippen MR) is 64.4 cm³/mol. The van der Waals surface area contributed by atoms with Gasteiger partial charge in [0.2, 0.25) is 0 Å². The lowest BCUT2D eigenvalue weighted by Crippen LogP contribution is -2.58. The molecule has 1 fully saturated rings. The summed E-state index contributed by atoms with van der Waals surface area (Å²) >= 11 is 0. The van der Waals surface area contributed by atoms with Gasteiger partial charge in [0.25, 0.3) is 0 Å². The quantitative estimate of drug-likeness (QED) is 0.725. The molecule has 7 heteroatoms. The van der Waals surface area contributed by atoms with Gasteiger partial charge in [-0.3, -0.25) is 0 Å². The summed E-state index contributed by atoms with van der Waals surface area (Å²) in [4.78, 5) is 10.8. The number of hydrogen-bond acceptors (Lipinski definition) is 5. The zero-order valence-corrected chi connectivity index (χ0v) is 10.4. The Morgan fingerprint density at radius 1 is 1.25 bits per heavy atom. The molecule has 0 radical (unpaired) electrons. The molecule has 0 aliphatic carbocycles. The van der Waals surface area contributed by atoms with Crippen LogP contribution in [0.4, 0.5) is 4.39 Å². The van der Waals surface area contributed by atoms with Crippen LogP contribution in [0, 0.1) is 0 Å². The van der Waals surface area contributed by atoms with Gasteiger partial charge in [-0.15, -0.1) is 0 Å². The van der Waals surface area contributed by atoms with E-state index in [4.69, 9.17) is 14.6 Å². The number of halogens is 1. The smallest absolute Gasteiger partial charge is 0.336 e. The zero-order chi connectivity index (χ0) is 14.7. The second kappa shape index (κ2) is 6.27. The van der Waals surface area contributed by atoms with Crippen molar-refractivity contribution in [3.8, 4) is 0 Å². The Bertz CT molecular complexity index is 453. The van der Waals surface area contributed by atoms with Gasteiger partial charge in [0.1, 0.15) is 12.2 Å². The topological polar surface area (TPSA) is 96.2 Å². The summed E-state index contributed by atoms with van der Waals surface area (Å²) in [5.41, 5.74) is 0.770. The molecule has 1 aromatic rings. The van der Waals surface area contributed by atoms with Gasteiger partial charge < -0.3 is 24.8 Å². The van der Waals surface area contributed by atoms with E-state index in [1.165, 1.54) is 0 Å². The average molecular weight is 286 g/mol. The first-order valence-electron chi connectivity index (χ1n) is 6.04. The van der Waals surface area contributed by atoms with Crippen molar-refractivity contribution < 1.29 is 34.0 Å². The predicted octanol–water partition coefficient (Wildman–Crippen LogP) is 0.0726. The Morgan fingerprint density at radius 3 is 2.50 bits per heavy atom. The van der Waals surface area contributed by atoms with Crippen molar-refractivity contribution in [2.75, 3.05) is 0 Å². The fraction of sp³-hybridized carbons (Fsp3) is 0.462. The minimum absolute atomic E-state index is 0.0403. The molecule has 1 aliphatic rings. The Morgan fingerprint density at radius 2 is 1.90 bits per heavy atom. The first kappa shape index (κ1) is 14.9. The van der Waals surface area contributed by atoms with Crippen molar-refractivity contribution in [3.05, 3.63) is 35.9 Å². The van der Waals surface area contributed by atoms with Gasteiger partial charge in [-0.2, -0.15) is 0 Å². The van der Waals surface area contributed by atoms with Crippen molar-refractivity contribution in [2.24, 2.45) is 0 Å². The van der Waals surface area contributed by atoms with Gasteiger partial charge in [-0.05, 0) is 5.56 Å². The first-order valence-corrected chi connectivity index (χ1v) is 6.04. The standard InChI is InChI=1S/C13H15FO6/c14-8-9(15)10(16)13(20-11(8)12(17)18)19-6-7-4-2-1-3-5-7/h1-5,8-11,13,15-16H,6H2,(H,17,18)/t8-,9-,10+,11-,13+/m0/s1. The monoisotopic (exact) mass is 286 g/mol. The van der Waals surface area contributed by atoms with Crippen LogP contribution >= 0.6 is 0 Å². The lowest BCUT2D eigenvalue weighted by molar-refractivity contribution is -0.287. The number of aliphatic carboxylic acids is 1. The van der Waals surface area contributed by atoms with E-state index in [1.807, 2.05) is 6.07 Å². The molecule has 2 rings (SSSR count). The van der Waals surface area contributed by atoms with Crippen LogP contribution in [-0.4, -0.2) is 52.1 Å². The number of rotatable bonds is 4. The fourth-order valence-electron chi connectivity index (χ4n) is 1.91. The van der Waals surface area contributed by atoms with E-state index in [2.05, 4.69) is 0 Å². The van der Waals surface area contributed by atoms with Crippen molar-refractivity contribution in [3.63, 3.8) is 0 Å². The van der Waals surface area contributed by atoms with Crippen LogP contribution in [0.25, 0.3) is 0 Å². The second-order valence-corrected chi connectivity index (χ2v) is 4.49. The van der Waals surface area contributed by atoms with E-state index >= 15 is 0 Å². The number of aliphatic hydroxyl groups is 2. The molecule has 1 saturated heterocycles. The number of carbonyl (C=O) groups is 1. The molecule has 0 spiro atoms. The minimum atomic E-state index is -2.21. The van der Waals surface area contributed by atoms with Gasteiger partial charge >= 0.3 is 5.97 Å². The molecule has 1 aliphatic heterocycles. The van der Waals surface area contributed by atoms with Gasteiger partial charge in [0, 0.05) is 0 Å². The van der Waals surface area contributed by atoms with Crippen molar-refractivity contribution in [1.82, 2.24) is 0 Å². The summed E-state index contributed by atoms with van der Waals surface area (Å²) in [5.74, 6) is -1.56. The van der Waals surface area contributed by atoms with Crippen LogP contribution in [0.5, 0.6) is 0 Å². The number of hydrogen-bond donors (Lipinski definition) is 3. The number of ether oxygens (including phenoxy) is 2. The zero-order valence-electron chi connectivity index (χ0n) is 10.4. The molecule has 0 unspecified atom stereocenters. The van der Waals surface area contributed by atoms with E-state index in [-0.39, 0.29) is 6.61 Å². The fourth-order valence-corrected chi connectivity index (χ4v) is 1.91. The molecule has 6 nitrogen and oxygen atoms in total. The Balaban J connectivity index is 2.01. The second-order valence-electron chi connectivity index (χ2n) is 4.49. The molecule has 3 N–H and O–H groups in total. The molecule has 0 amide bonds. The SMILES string of the molecule is O=C(O)[C@H]1O[C@@H](OCc2ccccc2)[C@H](O)[C@@H](O)[C@@H]1F. The number of carboxylic acids is 1. The van der Waals surface area contributed by atoms with Gasteiger partial charge in [0.05, 0.1) is 6.61 Å². The minimum Gasteiger partial charge on any atom is -0.479 e. The number of aliphatic hydroxyl groups excluding tert-OH is 2. The summed E-state index contributed by atoms with van der Waals surface area (Å²) in [6.45, 7) is 0.0403. The number of alkyl halides is 1. The molecular weight excluding hydrogens is 271 g/mol. The third-order valence-electron chi connectivity index (χ3n) is 3.03. The normalized spacial score (nSPS) is 33.9. The van der Waals surface area contributed by atoms with Gasteiger partial charge in [-0.1, -0.05) is 30.3 Å². The molecule has 1 aromatic carbocycles. The van der Waals surface area contributed by atoms with Gasteiger partial charge in [-0.25, -0.2) is 9.18 Å². The van der Waals surface area contributed by atoms with E-state index in [0.717, 1.165) is 5.56 Å². The highest BCUT2D eigenvalue weighted by atomic mass is 19.1. The average Bonchev–Trinajstić information content (AvgIpc) is 2.45. The summed E-state index contributed by atoms with van der Waals surface area (Å²) < 4.78 is 23.6. The molecule has 20 heavy (non-hydrogen) atoms. The number of benzene rings is 1. The van der Waals surface area contributed by atoms with Crippen molar-refractivity contribution in [2.45, 2.75) is 37.4 Å². The third kappa shape index (κ3) is 3.13. The highest BCUT2D eigenvalue weighted by molar-refractivity contribution is 5.73. The first-order chi connectivity index (χ1) is 9.50. The van der Waals surface area contributed by atoms with Crippen LogP contribution < -0.4 is 0 Å². The van der Waals surface area contributed by atoms with Crippen LogP contribution in [0.15, 0.2) is 30.3 Å². The van der Waals surface area contributed by atoms with Gasteiger partial charge in [0.15, 0.2) is 18.6 Å². The van der Waals surface area contributed by atoms with E-state index in [0.29, 0.717) is 0 Å². The maximum absolute atomic E-state index is 13.5. The van der Waals surface area contributed by atoms with Crippen molar-refractivity contribution in [1.29, 1.82) is 0 Å². The van der Waals surface area contributed by atoms with E-state index in [9.17, 15) is 19.4 Å². The van der Waals surface area contributed by atoms with Crippen molar-refractivity contribution >= 4 is 5.97 Å². The summed E-state index contributed by atoms with van der Waals surface area (Å²) in [7, 11) is 0. The molecule has 0 bridgehead atoms.